The van der Waals surface area contributed by atoms with Gasteiger partial charge in [0.1, 0.15) is 18.0 Å². The Hall–Kier alpha value is -3.27. The van der Waals surface area contributed by atoms with Gasteiger partial charge in [0.05, 0.1) is 22.6 Å². The summed E-state index contributed by atoms with van der Waals surface area (Å²) in [5.41, 5.74) is 15.9. The molecule has 5 rings (SSSR count). The molecule has 2 aliphatic carbocycles. The Bertz CT molecular complexity index is 1310. The van der Waals surface area contributed by atoms with Crippen LogP contribution in [0.25, 0.3) is 10.1 Å². The van der Waals surface area contributed by atoms with E-state index < -0.39 is 6.04 Å². The summed E-state index contributed by atoms with van der Waals surface area (Å²) in [6, 6.07) is 9.75. The van der Waals surface area contributed by atoms with Crippen LogP contribution in [0.3, 0.4) is 0 Å². The van der Waals surface area contributed by atoms with Gasteiger partial charge in [0.25, 0.3) is 5.91 Å². The quantitative estimate of drug-likeness (QED) is 0.314. The van der Waals surface area contributed by atoms with E-state index in [0.717, 1.165) is 58.2 Å². The maximum absolute atomic E-state index is 12.8. The molecule has 0 spiro atoms. The van der Waals surface area contributed by atoms with Crippen molar-refractivity contribution in [2.45, 2.75) is 57.2 Å². The van der Waals surface area contributed by atoms with E-state index in [2.05, 4.69) is 33.6 Å². The van der Waals surface area contributed by atoms with Gasteiger partial charge in [0.15, 0.2) is 0 Å². The number of nitrogens with two attached hydrogens (primary N) is 2. The molecule has 3 aromatic rings. The standard InChI is InChI=1S/C28H34N6O2S/c1-16-12-18(6-7-19(16)14-31-28(36)23-13-17-4-2-3-5-22(17)37-23)25(29)24-26(30)32-15-33-27(24)34-20-8-10-21(35)11-9-20/h2-7,13,15-16,20-21,25,35H,8-12,14,29H2,1H3,(H,31,36)(H3,30,32,33,34). The summed E-state index contributed by atoms with van der Waals surface area (Å²) in [4.78, 5) is 22.2. The van der Waals surface area contributed by atoms with E-state index in [1.54, 1.807) is 0 Å². The fourth-order valence-corrected chi connectivity index (χ4v) is 6.17. The number of aromatic nitrogens is 2. The largest absolute Gasteiger partial charge is 0.393 e. The van der Waals surface area contributed by atoms with Crippen molar-refractivity contribution >= 4 is 39.0 Å². The number of anilines is 2. The number of thiophene rings is 1. The van der Waals surface area contributed by atoms with Crippen molar-refractivity contribution in [1.29, 1.82) is 0 Å². The number of allylic oxidation sites excluding steroid dienone is 2. The molecule has 2 aliphatic rings. The molecule has 0 saturated heterocycles. The number of benzene rings is 1. The molecular weight excluding hydrogens is 484 g/mol. The number of hydrogen-bond donors (Lipinski definition) is 5. The maximum atomic E-state index is 12.8. The lowest BCUT2D eigenvalue weighted by molar-refractivity contribution is 0.0960. The Morgan fingerprint density at radius 1 is 1.19 bits per heavy atom. The number of rotatable bonds is 7. The van der Waals surface area contributed by atoms with Crippen LogP contribution in [0.15, 0.2) is 60.0 Å². The first-order valence-electron chi connectivity index (χ1n) is 12.9. The summed E-state index contributed by atoms with van der Waals surface area (Å²) in [5.74, 6) is 1.21. The van der Waals surface area contributed by atoms with Gasteiger partial charge >= 0.3 is 0 Å². The van der Waals surface area contributed by atoms with Gasteiger partial charge < -0.3 is 27.2 Å². The van der Waals surface area contributed by atoms with Crippen molar-refractivity contribution in [3.05, 3.63) is 70.4 Å². The van der Waals surface area contributed by atoms with Crippen LogP contribution in [0.5, 0.6) is 0 Å². The monoisotopic (exact) mass is 518 g/mol. The summed E-state index contributed by atoms with van der Waals surface area (Å²) in [7, 11) is 0. The van der Waals surface area contributed by atoms with E-state index in [1.165, 1.54) is 17.7 Å². The molecule has 37 heavy (non-hydrogen) atoms. The van der Waals surface area contributed by atoms with E-state index >= 15 is 0 Å². The highest BCUT2D eigenvalue weighted by Gasteiger charge is 2.27. The van der Waals surface area contributed by atoms with Crippen LogP contribution in [0.1, 0.15) is 60.3 Å². The number of aliphatic hydroxyl groups is 1. The SMILES string of the molecule is CC1CC(C(N)c2c(N)ncnc2NC2CCC(O)CC2)=CC=C1CNC(=O)c1cc2ccccc2s1. The molecule has 2 aromatic heterocycles. The van der Waals surface area contributed by atoms with Crippen LogP contribution in [-0.4, -0.2) is 39.7 Å². The summed E-state index contributed by atoms with van der Waals surface area (Å²) >= 11 is 1.51. The van der Waals surface area contributed by atoms with E-state index in [-0.39, 0.29) is 24.0 Å². The van der Waals surface area contributed by atoms with Crippen LogP contribution in [-0.2, 0) is 0 Å². The predicted molar refractivity (Wildman–Crippen MR) is 149 cm³/mol. The number of fused-ring (bicyclic) bond motifs is 1. The topological polar surface area (TPSA) is 139 Å². The second kappa shape index (κ2) is 11.0. The minimum Gasteiger partial charge on any atom is -0.393 e. The number of nitrogens with zero attached hydrogens (tertiary/aromatic N) is 2. The minimum absolute atomic E-state index is 0.0547. The predicted octanol–water partition coefficient (Wildman–Crippen LogP) is 4.31. The van der Waals surface area contributed by atoms with Gasteiger partial charge in [0.2, 0.25) is 0 Å². The molecule has 8 nitrogen and oxygen atoms in total. The van der Waals surface area contributed by atoms with Gasteiger partial charge in [-0.3, -0.25) is 4.79 Å². The zero-order chi connectivity index (χ0) is 25.9. The Morgan fingerprint density at radius 2 is 1.97 bits per heavy atom. The van der Waals surface area contributed by atoms with Crippen molar-refractivity contribution < 1.29 is 9.90 Å². The fraction of sp³-hybridized carbons (Fsp3) is 0.393. The fourth-order valence-electron chi connectivity index (χ4n) is 5.19. The first-order chi connectivity index (χ1) is 17.9. The number of hydrogen-bond acceptors (Lipinski definition) is 8. The molecule has 194 valence electrons. The lowest BCUT2D eigenvalue weighted by atomic mass is 9.83. The van der Waals surface area contributed by atoms with Gasteiger partial charge in [-0.05, 0) is 66.7 Å². The highest BCUT2D eigenvalue weighted by molar-refractivity contribution is 7.20. The lowest BCUT2D eigenvalue weighted by Gasteiger charge is -2.30. The zero-order valence-corrected chi connectivity index (χ0v) is 21.8. The molecule has 9 heteroatoms. The maximum Gasteiger partial charge on any atom is 0.261 e. The Morgan fingerprint density at radius 3 is 2.73 bits per heavy atom. The molecule has 1 amide bonds. The summed E-state index contributed by atoms with van der Waals surface area (Å²) < 4.78 is 1.11. The molecule has 1 saturated carbocycles. The average molecular weight is 519 g/mol. The summed E-state index contributed by atoms with van der Waals surface area (Å²) in [6.07, 6.45) is 9.39. The second-order valence-electron chi connectivity index (χ2n) is 10.1. The highest BCUT2D eigenvalue weighted by atomic mass is 32.1. The number of aliphatic hydroxyl groups excluding tert-OH is 1. The molecule has 0 radical (unpaired) electrons. The summed E-state index contributed by atoms with van der Waals surface area (Å²) in [5, 5.41) is 17.5. The van der Waals surface area contributed by atoms with Crippen molar-refractivity contribution in [2.75, 3.05) is 17.6 Å². The highest BCUT2D eigenvalue weighted by Crippen LogP contribution is 2.36. The van der Waals surface area contributed by atoms with E-state index in [9.17, 15) is 9.90 Å². The third-order valence-electron chi connectivity index (χ3n) is 7.45. The molecule has 2 unspecified atom stereocenters. The number of amides is 1. The Labute approximate surface area is 220 Å². The van der Waals surface area contributed by atoms with Crippen LogP contribution in [0.4, 0.5) is 11.6 Å². The van der Waals surface area contributed by atoms with Gasteiger partial charge in [-0.25, -0.2) is 9.97 Å². The molecular formula is C28H34N6O2S. The van der Waals surface area contributed by atoms with Gasteiger partial charge in [-0.2, -0.15) is 0 Å². The van der Waals surface area contributed by atoms with Crippen LogP contribution in [0.2, 0.25) is 0 Å². The molecule has 2 heterocycles. The van der Waals surface area contributed by atoms with E-state index in [4.69, 9.17) is 11.5 Å². The van der Waals surface area contributed by atoms with Crippen molar-refractivity contribution in [1.82, 2.24) is 15.3 Å². The zero-order valence-electron chi connectivity index (χ0n) is 21.0. The molecule has 1 fully saturated rings. The van der Waals surface area contributed by atoms with Crippen molar-refractivity contribution in [3.8, 4) is 0 Å². The first kappa shape index (κ1) is 25.4. The number of carbonyl (C=O) groups excluding carboxylic acids is 1. The Balaban J connectivity index is 1.27. The van der Waals surface area contributed by atoms with Gasteiger partial charge in [-0.15, -0.1) is 11.3 Å². The third-order valence-corrected chi connectivity index (χ3v) is 8.57. The lowest BCUT2D eigenvalue weighted by Crippen LogP contribution is -2.30. The Kier molecular flexibility index (Phi) is 7.55. The van der Waals surface area contributed by atoms with Crippen molar-refractivity contribution in [2.24, 2.45) is 11.7 Å². The van der Waals surface area contributed by atoms with Crippen LogP contribution < -0.4 is 22.1 Å². The number of carbonyl (C=O) groups is 1. The number of nitrogens with one attached hydrogen (secondary N) is 2. The van der Waals surface area contributed by atoms with Crippen LogP contribution >= 0.6 is 11.3 Å². The molecule has 7 N–H and O–H groups in total. The van der Waals surface area contributed by atoms with Gasteiger partial charge in [-0.1, -0.05) is 37.3 Å². The molecule has 0 bridgehead atoms. The first-order valence-corrected chi connectivity index (χ1v) is 13.7. The summed E-state index contributed by atoms with van der Waals surface area (Å²) in [6.45, 7) is 2.64. The smallest absolute Gasteiger partial charge is 0.261 e. The minimum atomic E-state index is -0.439. The van der Waals surface area contributed by atoms with Crippen molar-refractivity contribution in [3.63, 3.8) is 0 Å². The van der Waals surface area contributed by atoms with E-state index in [0.29, 0.717) is 23.7 Å². The normalized spacial score (nSPS) is 22.7. The molecule has 2 atom stereocenters. The van der Waals surface area contributed by atoms with E-state index in [1.807, 2.05) is 36.4 Å². The molecule has 1 aromatic carbocycles. The average Bonchev–Trinajstić information content (AvgIpc) is 3.33. The second-order valence-corrected chi connectivity index (χ2v) is 11.2. The third kappa shape index (κ3) is 5.69. The van der Waals surface area contributed by atoms with Crippen LogP contribution in [0, 0.1) is 5.92 Å². The number of nitrogen functional groups attached to an aromatic ring is 1. The molecule has 0 aliphatic heterocycles. The van der Waals surface area contributed by atoms with Gasteiger partial charge in [0, 0.05) is 17.3 Å².